The Kier molecular flexibility index (Phi) is 11.1. The number of hydrogen-bond acceptors (Lipinski definition) is 5. The molecule has 0 fully saturated rings. The highest BCUT2D eigenvalue weighted by atomic mass is 32.2. The summed E-state index contributed by atoms with van der Waals surface area (Å²) in [5.74, 6) is -0.0631. The number of phenolic OH excluding ortho intramolecular Hbond substituents is 3. The lowest BCUT2D eigenvalue weighted by Crippen LogP contribution is -1.93. The normalized spacial score (nSPS) is 11.3. The minimum Gasteiger partial charge on any atom is -0.507 e. The zero-order valence-corrected chi connectivity index (χ0v) is 19.2. The molecular weight excluding hydrogens is 408 g/mol. The van der Waals surface area contributed by atoms with Crippen LogP contribution in [0.3, 0.4) is 0 Å². The van der Waals surface area contributed by atoms with Gasteiger partial charge in [0.2, 0.25) is 0 Å². The molecule has 0 aliphatic rings. The minimum absolute atomic E-state index is 0.192. The molecule has 4 nitrogen and oxygen atoms in total. The van der Waals surface area contributed by atoms with Crippen LogP contribution in [0.2, 0.25) is 0 Å². The lowest BCUT2D eigenvalue weighted by Gasteiger charge is -2.04. The van der Waals surface area contributed by atoms with Gasteiger partial charge in [-0.1, -0.05) is 58.3 Å². The smallest absolute Gasteiger partial charge is 0.185 e. The van der Waals surface area contributed by atoms with Crippen molar-refractivity contribution in [1.29, 1.82) is 0 Å². The van der Waals surface area contributed by atoms with Gasteiger partial charge in [0.25, 0.3) is 0 Å². The Morgan fingerprint density at radius 3 is 2.03 bits per heavy atom. The minimum atomic E-state index is -0.406. The van der Waals surface area contributed by atoms with Crippen LogP contribution in [-0.2, 0) is 0 Å². The fraction of sp³-hybridized carbons (Fsp3) is 0.423. The van der Waals surface area contributed by atoms with Crippen molar-refractivity contribution in [3.05, 3.63) is 53.6 Å². The molecule has 0 spiro atoms. The van der Waals surface area contributed by atoms with E-state index in [0.717, 1.165) is 16.7 Å². The number of phenols is 3. The van der Waals surface area contributed by atoms with Crippen LogP contribution in [-0.4, -0.2) is 26.9 Å². The number of benzene rings is 2. The fourth-order valence-corrected chi connectivity index (χ4v) is 4.21. The monoisotopic (exact) mass is 442 g/mol. The maximum Gasteiger partial charge on any atom is 0.185 e. The Morgan fingerprint density at radius 2 is 1.39 bits per heavy atom. The number of aromatic hydroxyl groups is 3. The van der Waals surface area contributed by atoms with Gasteiger partial charge in [-0.05, 0) is 54.7 Å². The van der Waals surface area contributed by atoms with Crippen molar-refractivity contribution >= 4 is 23.6 Å². The second-order valence-electron chi connectivity index (χ2n) is 7.80. The Labute approximate surface area is 190 Å². The van der Waals surface area contributed by atoms with E-state index in [1.807, 2.05) is 23.9 Å². The summed E-state index contributed by atoms with van der Waals surface area (Å²) in [6.45, 7) is 2.25. The van der Waals surface area contributed by atoms with Gasteiger partial charge in [-0.15, -0.1) is 11.8 Å². The SMILES string of the molecule is CCCCCCCCCCCSc1ccc(C(=O)/C=C/c2cc(O)c(O)cc2O)cc1. The first-order chi connectivity index (χ1) is 15.0. The fourth-order valence-electron chi connectivity index (χ4n) is 3.30. The Hall–Kier alpha value is -2.40. The number of rotatable bonds is 14. The second-order valence-corrected chi connectivity index (χ2v) is 8.97. The lowest BCUT2D eigenvalue weighted by molar-refractivity contribution is 0.104. The molecule has 0 radical (unpaired) electrons. The second kappa shape index (κ2) is 13.8. The third-order valence-electron chi connectivity index (χ3n) is 5.19. The van der Waals surface area contributed by atoms with Gasteiger partial charge in [0.1, 0.15) is 5.75 Å². The summed E-state index contributed by atoms with van der Waals surface area (Å²) >= 11 is 1.82. The third kappa shape index (κ3) is 9.09. The number of thioether (sulfide) groups is 1. The molecule has 2 rings (SSSR count). The summed E-state index contributed by atoms with van der Waals surface area (Å²) in [4.78, 5) is 13.5. The molecule has 168 valence electrons. The van der Waals surface area contributed by atoms with Gasteiger partial charge < -0.3 is 15.3 Å². The topological polar surface area (TPSA) is 77.8 Å². The lowest BCUT2D eigenvalue weighted by atomic mass is 10.1. The number of carbonyl (C=O) groups is 1. The molecule has 0 atom stereocenters. The number of allylic oxidation sites excluding steroid dienone is 1. The van der Waals surface area contributed by atoms with E-state index in [1.54, 1.807) is 12.1 Å². The van der Waals surface area contributed by atoms with E-state index in [2.05, 4.69) is 6.92 Å². The summed E-state index contributed by atoms with van der Waals surface area (Å²) < 4.78 is 0. The van der Waals surface area contributed by atoms with Crippen LogP contribution in [0, 0.1) is 0 Å². The van der Waals surface area contributed by atoms with Gasteiger partial charge in [0.05, 0.1) is 0 Å². The first kappa shape index (κ1) is 24.9. The molecule has 3 N–H and O–H groups in total. The molecule has 0 bridgehead atoms. The van der Waals surface area contributed by atoms with Crippen molar-refractivity contribution < 1.29 is 20.1 Å². The van der Waals surface area contributed by atoms with Gasteiger partial charge >= 0.3 is 0 Å². The van der Waals surface area contributed by atoms with E-state index in [4.69, 9.17) is 0 Å². The van der Waals surface area contributed by atoms with E-state index in [9.17, 15) is 20.1 Å². The highest BCUT2D eigenvalue weighted by Crippen LogP contribution is 2.32. The first-order valence-electron chi connectivity index (χ1n) is 11.2. The summed E-state index contributed by atoms with van der Waals surface area (Å²) in [6.07, 6.45) is 14.7. The van der Waals surface area contributed by atoms with Crippen LogP contribution in [0.15, 0.2) is 47.4 Å². The van der Waals surface area contributed by atoms with Crippen LogP contribution in [0.1, 0.15) is 80.6 Å². The third-order valence-corrected chi connectivity index (χ3v) is 6.29. The molecule has 0 amide bonds. The van der Waals surface area contributed by atoms with Gasteiger partial charge in [0, 0.05) is 22.1 Å². The molecule has 0 aliphatic heterocycles. The van der Waals surface area contributed by atoms with Crippen LogP contribution < -0.4 is 0 Å². The first-order valence-corrected chi connectivity index (χ1v) is 12.2. The van der Waals surface area contributed by atoms with Crippen molar-refractivity contribution in [1.82, 2.24) is 0 Å². The highest BCUT2D eigenvalue weighted by molar-refractivity contribution is 7.99. The van der Waals surface area contributed by atoms with Gasteiger partial charge in [-0.25, -0.2) is 0 Å². The van der Waals surface area contributed by atoms with Crippen molar-refractivity contribution in [3.63, 3.8) is 0 Å². The quantitative estimate of drug-likeness (QED) is 0.0713. The van der Waals surface area contributed by atoms with Crippen LogP contribution in [0.25, 0.3) is 6.08 Å². The molecule has 31 heavy (non-hydrogen) atoms. The zero-order valence-electron chi connectivity index (χ0n) is 18.3. The molecule has 5 heteroatoms. The molecule has 0 aromatic heterocycles. The number of ketones is 1. The zero-order chi connectivity index (χ0) is 22.5. The van der Waals surface area contributed by atoms with Crippen molar-refractivity contribution in [2.75, 3.05) is 5.75 Å². The van der Waals surface area contributed by atoms with E-state index >= 15 is 0 Å². The molecular formula is C26H34O4S. The average Bonchev–Trinajstić information content (AvgIpc) is 2.77. The predicted molar refractivity (Wildman–Crippen MR) is 129 cm³/mol. The summed E-state index contributed by atoms with van der Waals surface area (Å²) in [7, 11) is 0. The molecule has 0 unspecified atom stereocenters. The van der Waals surface area contributed by atoms with Crippen molar-refractivity contribution in [2.45, 2.75) is 69.6 Å². The molecule has 0 heterocycles. The van der Waals surface area contributed by atoms with Crippen LogP contribution >= 0.6 is 11.8 Å². The molecule has 2 aromatic carbocycles. The number of carbonyl (C=O) groups excluding carboxylic acids is 1. The van der Waals surface area contributed by atoms with Crippen molar-refractivity contribution in [2.24, 2.45) is 0 Å². The Balaban J connectivity index is 1.70. The predicted octanol–water partition coefficient (Wildman–Crippen LogP) is 7.32. The summed E-state index contributed by atoms with van der Waals surface area (Å²) in [5, 5.41) is 28.7. The van der Waals surface area contributed by atoms with E-state index < -0.39 is 5.75 Å². The molecule has 0 saturated heterocycles. The van der Waals surface area contributed by atoms with Gasteiger partial charge in [-0.3, -0.25) is 4.79 Å². The molecule has 2 aromatic rings. The van der Waals surface area contributed by atoms with Crippen LogP contribution in [0.4, 0.5) is 0 Å². The average molecular weight is 443 g/mol. The molecule has 0 saturated carbocycles. The summed E-state index contributed by atoms with van der Waals surface area (Å²) in [6, 6.07) is 9.78. The largest absolute Gasteiger partial charge is 0.507 e. The maximum atomic E-state index is 12.3. The Bertz CT molecular complexity index is 843. The Morgan fingerprint density at radius 1 is 0.806 bits per heavy atom. The number of unbranched alkanes of at least 4 members (excludes halogenated alkanes) is 8. The molecule has 0 aliphatic carbocycles. The van der Waals surface area contributed by atoms with E-state index in [-0.39, 0.29) is 22.8 Å². The van der Waals surface area contributed by atoms with E-state index in [0.29, 0.717) is 5.56 Å². The standard InChI is InChI=1S/C26H34O4S/c1-2-3-4-5-6-7-8-9-10-17-31-22-14-11-20(12-15-22)23(27)16-13-21-18-25(29)26(30)19-24(21)28/h11-16,18-19,28-30H,2-10,17H2,1H3/b16-13+. The van der Waals surface area contributed by atoms with Crippen molar-refractivity contribution in [3.8, 4) is 17.2 Å². The van der Waals surface area contributed by atoms with E-state index in [1.165, 1.54) is 76.0 Å². The highest BCUT2D eigenvalue weighted by Gasteiger charge is 2.07. The number of hydrogen-bond donors (Lipinski definition) is 3. The summed E-state index contributed by atoms with van der Waals surface area (Å²) in [5.41, 5.74) is 0.822. The van der Waals surface area contributed by atoms with Crippen LogP contribution in [0.5, 0.6) is 17.2 Å². The maximum absolute atomic E-state index is 12.3. The van der Waals surface area contributed by atoms with Gasteiger partial charge in [0.15, 0.2) is 17.3 Å². The van der Waals surface area contributed by atoms with Gasteiger partial charge in [-0.2, -0.15) is 0 Å².